The molecule has 122 valence electrons. The van der Waals surface area contributed by atoms with Gasteiger partial charge in [0.25, 0.3) is 0 Å². The molecule has 1 heterocycles. The summed E-state index contributed by atoms with van der Waals surface area (Å²) in [6.07, 6.45) is 1.71. The lowest BCUT2D eigenvalue weighted by Gasteiger charge is -2.07. The van der Waals surface area contributed by atoms with E-state index in [0.717, 1.165) is 16.4 Å². The zero-order valence-corrected chi connectivity index (χ0v) is 15.0. The van der Waals surface area contributed by atoms with E-state index in [1.165, 1.54) is 11.3 Å². The maximum Gasteiger partial charge on any atom is 0.203 e. The van der Waals surface area contributed by atoms with E-state index < -0.39 is 0 Å². The molecule has 0 saturated carbocycles. The van der Waals surface area contributed by atoms with Crippen LogP contribution in [0.1, 0.15) is 11.3 Å². The van der Waals surface area contributed by atoms with Crippen LogP contribution in [0, 0.1) is 6.92 Å². The van der Waals surface area contributed by atoms with Gasteiger partial charge in [0.2, 0.25) is 5.13 Å². The lowest BCUT2D eigenvalue weighted by molar-refractivity contribution is 0.482. The number of ether oxygens (including phenoxy) is 1. The first kappa shape index (κ1) is 16.8. The number of thiazole rings is 1. The fourth-order valence-electron chi connectivity index (χ4n) is 1.90. The number of rotatable bonds is 5. The van der Waals surface area contributed by atoms with E-state index in [9.17, 15) is 0 Å². The first-order valence-electron chi connectivity index (χ1n) is 7.04. The Morgan fingerprint density at radius 3 is 2.71 bits per heavy atom. The largest absolute Gasteiger partial charge is 0.457 e. The molecule has 0 amide bonds. The Bertz CT molecular complexity index is 880. The number of hydrogen-bond donors (Lipinski definition) is 1. The van der Waals surface area contributed by atoms with Crippen molar-refractivity contribution in [2.75, 3.05) is 5.43 Å². The molecular formula is C17H13Cl2N3OS. The molecule has 0 aliphatic heterocycles. The van der Waals surface area contributed by atoms with E-state index in [2.05, 4.69) is 15.5 Å². The summed E-state index contributed by atoms with van der Waals surface area (Å²) in [4.78, 5) is 4.28. The van der Waals surface area contributed by atoms with Crippen LogP contribution in [0.25, 0.3) is 0 Å². The molecule has 2 aromatic carbocycles. The third kappa shape index (κ3) is 4.47. The van der Waals surface area contributed by atoms with Crippen molar-refractivity contribution in [2.45, 2.75) is 6.92 Å². The van der Waals surface area contributed by atoms with Gasteiger partial charge in [0, 0.05) is 11.4 Å². The minimum absolute atomic E-state index is 0.454. The smallest absolute Gasteiger partial charge is 0.203 e. The summed E-state index contributed by atoms with van der Waals surface area (Å²) in [5, 5.41) is 7.84. The second kappa shape index (κ2) is 7.66. The summed E-state index contributed by atoms with van der Waals surface area (Å²) in [5.74, 6) is 1.30. The van der Waals surface area contributed by atoms with E-state index in [4.69, 9.17) is 27.9 Å². The summed E-state index contributed by atoms with van der Waals surface area (Å²) in [7, 11) is 0. The van der Waals surface area contributed by atoms with Gasteiger partial charge in [-0.05, 0) is 36.8 Å². The van der Waals surface area contributed by atoms with Crippen LogP contribution in [0.3, 0.4) is 0 Å². The second-order valence-corrected chi connectivity index (χ2v) is 6.59. The molecule has 0 atom stereocenters. The number of nitrogens with one attached hydrogen (secondary N) is 1. The molecule has 1 aromatic heterocycles. The van der Waals surface area contributed by atoms with E-state index in [-0.39, 0.29) is 0 Å². The van der Waals surface area contributed by atoms with Gasteiger partial charge in [-0.1, -0.05) is 35.3 Å². The number of nitrogens with zero attached hydrogens (tertiary/aromatic N) is 2. The quantitative estimate of drug-likeness (QED) is 0.438. The van der Waals surface area contributed by atoms with E-state index in [1.54, 1.807) is 24.4 Å². The zero-order chi connectivity index (χ0) is 16.9. The number of aryl methyl sites for hydroxylation is 1. The molecule has 4 nitrogen and oxygen atoms in total. The minimum atomic E-state index is 0.454. The Hall–Kier alpha value is -2.08. The second-order valence-electron chi connectivity index (χ2n) is 4.91. The number of anilines is 1. The average molecular weight is 378 g/mol. The van der Waals surface area contributed by atoms with E-state index >= 15 is 0 Å². The molecule has 0 aliphatic carbocycles. The topological polar surface area (TPSA) is 46.5 Å². The highest BCUT2D eigenvalue weighted by atomic mass is 35.5. The van der Waals surface area contributed by atoms with Crippen LogP contribution >= 0.6 is 34.5 Å². The van der Waals surface area contributed by atoms with Crippen molar-refractivity contribution < 1.29 is 4.74 Å². The van der Waals surface area contributed by atoms with Crippen LogP contribution in [0.2, 0.25) is 10.0 Å². The predicted octanol–water partition coefficient (Wildman–Crippen LogP) is 6.00. The van der Waals surface area contributed by atoms with Gasteiger partial charge >= 0.3 is 0 Å². The molecule has 0 spiro atoms. The van der Waals surface area contributed by atoms with Crippen LogP contribution in [0.15, 0.2) is 52.9 Å². The summed E-state index contributed by atoms with van der Waals surface area (Å²) < 4.78 is 5.79. The fraction of sp³-hybridized carbons (Fsp3) is 0.0588. The monoisotopic (exact) mass is 377 g/mol. The van der Waals surface area contributed by atoms with Crippen molar-refractivity contribution in [3.05, 3.63) is 69.1 Å². The van der Waals surface area contributed by atoms with Crippen molar-refractivity contribution in [3.63, 3.8) is 0 Å². The summed E-state index contributed by atoms with van der Waals surface area (Å²) >= 11 is 13.4. The molecule has 0 saturated heterocycles. The fourth-order valence-corrected chi connectivity index (χ4v) is 2.83. The van der Waals surface area contributed by atoms with Crippen LogP contribution in [0.5, 0.6) is 11.5 Å². The number of hydrazone groups is 1. The molecule has 3 aromatic rings. The maximum absolute atomic E-state index is 5.99. The Labute approximate surface area is 153 Å². The average Bonchev–Trinajstić information content (AvgIpc) is 2.97. The molecule has 24 heavy (non-hydrogen) atoms. The number of halogens is 2. The van der Waals surface area contributed by atoms with Crippen LogP contribution in [-0.2, 0) is 0 Å². The number of hydrogen-bond acceptors (Lipinski definition) is 5. The Balaban J connectivity index is 1.68. The van der Waals surface area contributed by atoms with Gasteiger partial charge in [-0.3, -0.25) is 5.43 Å². The SMILES string of the molecule is Cc1csc(NN=Cc2cccc(Oc3ccc(Cl)c(Cl)c3)c2)n1. The highest BCUT2D eigenvalue weighted by Crippen LogP contribution is 2.29. The third-order valence-corrected chi connectivity index (χ3v) is 4.58. The lowest BCUT2D eigenvalue weighted by Crippen LogP contribution is -1.91. The Morgan fingerprint density at radius 1 is 1.12 bits per heavy atom. The van der Waals surface area contributed by atoms with Gasteiger partial charge in [0.15, 0.2) is 0 Å². The van der Waals surface area contributed by atoms with Crippen molar-refractivity contribution in [3.8, 4) is 11.5 Å². The van der Waals surface area contributed by atoms with Crippen molar-refractivity contribution in [2.24, 2.45) is 5.10 Å². The highest BCUT2D eigenvalue weighted by molar-refractivity contribution is 7.13. The van der Waals surface area contributed by atoms with Gasteiger partial charge in [0.1, 0.15) is 11.5 Å². The standard InChI is InChI=1S/C17H13Cl2N3OS/c1-11-10-24-17(21-11)22-20-9-12-3-2-4-13(7-12)23-14-5-6-15(18)16(19)8-14/h2-10H,1H3,(H,21,22). The van der Waals surface area contributed by atoms with Gasteiger partial charge in [-0.15, -0.1) is 11.3 Å². The zero-order valence-electron chi connectivity index (χ0n) is 12.7. The van der Waals surface area contributed by atoms with Gasteiger partial charge in [0.05, 0.1) is 22.0 Å². The number of aromatic nitrogens is 1. The van der Waals surface area contributed by atoms with Gasteiger partial charge < -0.3 is 4.74 Å². The normalized spacial score (nSPS) is 11.0. The van der Waals surface area contributed by atoms with E-state index in [0.29, 0.717) is 21.5 Å². The summed E-state index contributed by atoms with van der Waals surface area (Å²) in [6.45, 7) is 1.94. The molecule has 0 bridgehead atoms. The molecular weight excluding hydrogens is 365 g/mol. The van der Waals surface area contributed by atoms with Crippen LogP contribution in [0.4, 0.5) is 5.13 Å². The lowest BCUT2D eigenvalue weighted by atomic mass is 10.2. The first-order valence-corrected chi connectivity index (χ1v) is 8.68. The van der Waals surface area contributed by atoms with Crippen molar-refractivity contribution in [1.29, 1.82) is 0 Å². The number of benzene rings is 2. The Kier molecular flexibility index (Phi) is 5.35. The maximum atomic E-state index is 5.99. The molecule has 3 rings (SSSR count). The molecule has 0 fully saturated rings. The molecule has 1 N–H and O–H groups in total. The summed E-state index contributed by atoms with van der Waals surface area (Å²) in [6, 6.07) is 12.7. The highest BCUT2D eigenvalue weighted by Gasteiger charge is 2.02. The minimum Gasteiger partial charge on any atom is -0.457 e. The van der Waals surface area contributed by atoms with Crippen LogP contribution < -0.4 is 10.2 Å². The molecule has 0 aliphatic rings. The van der Waals surface area contributed by atoms with Crippen molar-refractivity contribution in [1.82, 2.24) is 4.98 Å². The van der Waals surface area contributed by atoms with Crippen molar-refractivity contribution >= 4 is 45.9 Å². The van der Waals surface area contributed by atoms with Gasteiger partial charge in [-0.25, -0.2) is 4.98 Å². The molecule has 0 radical (unpaired) electrons. The van der Waals surface area contributed by atoms with Gasteiger partial charge in [-0.2, -0.15) is 5.10 Å². The first-order chi connectivity index (χ1) is 11.6. The predicted molar refractivity (Wildman–Crippen MR) is 101 cm³/mol. The molecule has 7 heteroatoms. The van der Waals surface area contributed by atoms with Crippen LogP contribution in [-0.4, -0.2) is 11.2 Å². The third-order valence-electron chi connectivity index (χ3n) is 2.98. The summed E-state index contributed by atoms with van der Waals surface area (Å²) in [5.41, 5.74) is 4.76. The van der Waals surface area contributed by atoms with E-state index in [1.807, 2.05) is 36.6 Å². The molecule has 0 unspecified atom stereocenters. The Morgan fingerprint density at radius 2 is 1.96 bits per heavy atom.